The molecule has 1 N–H and O–H groups in total. The van der Waals surface area contributed by atoms with Crippen LogP contribution in [0.3, 0.4) is 0 Å². The number of anilines is 1. The van der Waals surface area contributed by atoms with E-state index in [1.54, 1.807) is 12.1 Å². The molecule has 0 saturated heterocycles. The van der Waals surface area contributed by atoms with Crippen LogP contribution in [0.2, 0.25) is 0 Å². The van der Waals surface area contributed by atoms with E-state index < -0.39 is 0 Å². The number of carbonyl (C=O) groups excluding carboxylic acids is 1. The minimum absolute atomic E-state index is 0.286. The predicted molar refractivity (Wildman–Crippen MR) is 62.3 cm³/mol. The van der Waals surface area contributed by atoms with Gasteiger partial charge in [0, 0.05) is 11.4 Å². The lowest BCUT2D eigenvalue weighted by Gasteiger charge is -1.99. The lowest BCUT2D eigenvalue weighted by Crippen LogP contribution is -2.12. The van der Waals surface area contributed by atoms with E-state index in [0.29, 0.717) is 0 Å². The van der Waals surface area contributed by atoms with E-state index in [-0.39, 0.29) is 5.91 Å². The third-order valence-corrected chi connectivity index (χ3v) is 1.47. The maximum Gasteiger partial charge on any atom is 0.268 e. The van der Waals surface area contributed by atoms with E-state index in [9.17, 15) is 4.79 Å². The Hall–Kier alpha value is -1.97. The van der Waals surface area contributed by atoms with Crippen LogP contribution < -0.4 is 5.32 Å². The number of nitrogens with zero attached hydrogens (tertiary/aromatic N) is 2. The fourth-order valence-corrected chi connectivity index (χ4v) is 0.893. The van der Waals surface area contributed by atoms with Gasteiger partial charge in [-0.25, -0.2) is 0 Å². The zero-order valence-electron chi connectivity index (χ0n) is 8.77. The van der Waals surface area contributed by atoms with Gasteiger partial charge in [-0.3, -0.25) is 4.79 Å². The van der Waals surface area contributed by atoms with Gasteiger partial charge < -0.3 is 5.32 Å². The van der Waals surface area contributed by atoms with E-state index in [1.807, 2.05) is 32.0 Å². The Kier molecular flexibility index (Phi) is 4.22. The topological polar surface area (TPSA) is 53.8 Å². The maximum atomic E-state index is 11.3. The molecule has 0 atom stereocenters. The first-order valence-electron chi connectivity index (χ1n) is 4.59. The first kappa shape index (κ1) is 11.1. The molecule has 0 heterocycles. The van der Waals surface area contributed by atoms with Crippen molar-refractivity contribution < 1.29 is 4.79 Å². The number of para-hydroxylation sites is 1. The molecule has 0 aliphatic rings. The van der Waals surface area contributed by atoms with E-state index in [0.717, 1.165) is 17.6 Å². The molecule has 15 heavy (non-hydrogen) atoms. The summed E-state index contributed by atoms with van der Waals surface area (Å²) in [5, 5.41) is 10.0. The summed E-state index contributed by atoms with van der Waals surface area (Å²) in [5.41, 5.74) is 1.55. The van der Waals surface area contributed by atoms with Gasteiger partial charge in [0.15, 0.2) is 0 Å². The fraction of sp³-hybridized carbons (Fsp3) is 0.182. The van der Waals surface area contributed by atoms with Crippen LogP contribution in [0, 0.1) is 0 Å². The van der Waals surface area contributed by atoms with Crippen LogP contribution in [0.4, 0.5) is 5.69 Å². The first-order chi connectivity index (χ1) is 7.18. The highest BCUT2D eigenvalue weighted by Crippen LogP contribution is 2.03. The normalized spacial score (nSPS) is 10.0. The predicted octanol–water partition coefficient (Wildman–Crippen LogP) is 2.09. The highest BCUT2D eigenvalue weighted by atomic mass is 16.1. The SMILES string of the molecule is CC(C)=NN=CC(=O)Nc1ccccc1. The van der Waals surface area contributed by atoms with Crippen LogP contribution in [0.1, 0.15) is 13.8 Å². The minimum atomic E-state index is -0.286. The van der Waals surface area contributed by atoms with Crippen molar-refractivity contribution in [3.63, 3.8) is 0 Å². The molecular formula is C11H13N3O. The highest BCUT2D eigenvalue weighted by molar-refractivity contribution is 6.31. The largest absolute Gasteiger partial charge is 0.321 e. The molecule has 0 unspecified atom stereocenters. The molecule has 4 nitrogen and oxygen atoms in total. The number of rotatable bonds is 3. The molecule has 1 amide bonds. The Balaban J connectivity index is 2.51. The van der Waals surface area contributed by atoms with Crippen molar-refractivity contribution in [1.29, 1.82) is 0 Å². The van der Waals surface area contributed by atoms with Crippen LogP contribution in [-0.4, -0.2) is 17.8 Å². The van der Waals surface area contributed by atoms with Crippen molar-refractivity contribution in [3.05, 3.63) is 30.3 Å². The molecule has 0 spiro atoms. The second kappa shape index (κ2) is 5.70. The Morgan fingerprint density at radius 1 is 1.27 bits per heavy atom. The van der Waals surface area contributed by atoms with Crippen molar-refractivity contribution in [2.24, 2.45) is 10.2 Å². The summed E-state index contributed by atoms with van der Waals surface area (Å²) in [5.74, 6) is -0.286. The van der Waals surface area contributed by atoms with Gasteiger partial charge in [0.1, 0.15) is 6.21 Å². The lowest BCUT2D eigenvalue weighted by atomic mass is 10.3. The van der Waals surface area contributed by atoms with E-state index in [1.165, 1.54) is 0 Å². The quantitative estimate of drug-likeness (QED) is 0.593. The Morgan fingerprint density at radius 2 is 1.93 bits per heavy atom. The Labute approximate surface area is 88.7 Å². The molecule has 1 rings (SSSR count). The Morgan fingerprint density at radius 3 is 2.53 bits per heavy atom. The summed E-state index contributed by atoms with van der Waals surface area (Å²) >= 11 is 0. The van der Waals surface area contributed by atoms with Crippen molar-refractivity contribution in [3.8, 4) is 0 Å². The van der Waals surface area contributed by atoms with Crippen LogP contribution in [0.25, 0.3) is 0 Å². The lowest BCUT2D eigenvalue weighted by molar-refractivity contribution is -0.110. The van der Waals surface area contributed by atoms with Gasteiger partial charge in [0.05, 0.1) is 0 Å². The van der Waals surface area contributed by atoms with Crippen LogP contribution >= 0.6 is 0 Å². The minimum Gasteiger partial charge on any atom is -0.321 e. The molecule has 1 aromatic rings. The van der Waals surface area contributed by atoms with Gasteiger partial charge in [-0.1, -0.05) is 18.2 Å². The molecule has 0 aromatic heterocycles. The summed E-state index contributed by atoms with van der Waals surface area (Å²) in [4.78, 5) is 11.3. The van der Waals surface area contributed by atoms with Gasteiger partial charge in [-0.15, -0.1) is 0 Å². The van der Waals surface area contributed by atoms with Crippen LogP contribution in [0.5, 0.6) is 0 Å². The first-order valence-corrected chi connectivity index (χ1v) is 4.59. The second-order valence-electron chi connectivity index (χ2n) is 3.15. The second-order valence-corrected chi connectivity index (χ2v) is 3.15. The number of hydrogen-bond donors (Lipinski definition) is 1. The van der Waals surface area contributed by atoms with Gasteiger partial charge in [0.25, 0.3) is 5.91 Å². The van der Waals surface area contributed by atoms with Crippen molar-refractivity contribution in [2.45, 2.75) is 13.8 Å². The van der Waals surface area contributed by atoms with E-state index >= 15 is 0 Å². The fourth-order valence-electron chi connectivity index (χ4n) is 0.893. The van der Waals surface area contributed by atoms with Gasteiger partial charge in [-0.05, 0) is 26.0 Å². The standard InChI is InChI=1S/C11H13N3O/c1-9(2)14-12-8-11(15)13-10-6-4-3-5-7-10/h3-8H,1-2H3,(H,13,15). The van der Waals surface area contributed by atoms with Gasteiger partial charge >= 0.3 is 0 Å². The zero-order valence-corrected chi connectivity index (χ0v) is 8.77. The molecule has 0 bridgehead atoms. The third kappa shape index (κ3) is 4.71. The molecule has 0 aliphatic heterocycles. The average molecular weight is 203 g/mol. The number of amides is 1. The molecule has 78 valence electrons. The summed E-state index contributed by atoms with van der Waals surface area (Å²) in [6.07, 6.45) is 1.15. The average Bonchev–Trinajstić information content (AvgIpc) is 2.18. The van der Waals surface area contributed by atoms with Crippen molar-refractivity contribution in [2.75, 3.05) is 5.32 Å². The molecule has 4 heteroatoms. The monoisotopic (exact) mass is 203 g/mol. The number of nitrogens with one attached hydrogen (secondary N) is 1. The molecule has 0 fully saturated rings. The number of carbonyl (C=O) groups is 1. The van der Waals surface area contributed by atoms with E-state index in [4.69, 9.17) is 0 Å². The summed E-state index contributed by atoms with van der Waals surface area (Å²) < 4.78 is 0. The number of benzene rings is 1. The molecule has 0 aliphatic carbocycles. The zero-order chi connectivity index (χ0) is 11.1. The van der Waals surface area contributed by atoms with E-state index in [2.05, 4.69) is 15.5 Å². The highest BCUT2D eigenvalue weighted by Gasteiger charge is 1.95. The number of hydrogen-bond acceptors (Lipinski definition) is 3. The van der Waals surface area contributed by atoms with Gasteiger partial charge in [-0.2, -0.15) is 10.2 Å². The van der Waals surface area contributed by atoms with Crippen molar-refractivity contribution >= 4 is 23.5 Å². The molecule has 0 saturated carbocycles. The van der Waals surface area contributed by atoms with Crippen LogP contribution in [0.15, 0.2) is 40.5 Å². The van der Waals surface area contributed by atoms with Gasteiger partial charge in [0.2, 0.25) is 0 Å². The van der Waals surface area contributed by atoms with Crippen LogP contribution in [-0.2, 0) is 4.79 Å². The summed E-state index contributed by atoms with van der Waals surface area (Å²) in [7, 11) is 0. The summed E-state index contributed by atoms with van der Waals surface area (Å²) in [6.45, 7) is 3.62. The molecule has 1 aromatic carbocycles. The molecule has 0 radical (unpaired) electrons. The smallest absolute Gasteiger partial charge is 0.268 e. The third-order valence-electron chi connectivity index (χ3n) is 1.47. The summed E-state index contributed by atoms with van der Waals surface area (Å²) in [6, 6.07) is 9.19. The molecular weight excluding hydrogens is 190 g/mol. The maximum absolute atomic E-state index is 11.3. The van der Waals surface area contributed by atoms with Crippen molar-refractivity contribution in [1.82, 2.24) is 0 Å². The Bertz CT molecular complexity index is 378.